The van der Waals surface area contributed by atoms with Gasteiger partial charge in [-0.1, -0.05) is 172 Å². The zero-order valence-electron chi connectivity index (χ0n) is 31.3. The number of sulfonamides is 1. The van der Waals surface area contributed by atoms with Crippen LogP contribution in [0.25, 0.3) is 0 Å². The Morgan fingerprint density at radius 3 is 1.12 bits per heavy atom. The van der Waals surface area contributed by atoms with Gasteiger partial charge in [0.15, 0.2) is 0 Å². The standard InChI is InChI=1S/C18H21NO4S.2C10H14.C5H12/c1-3-13(2)14-9-11-16(12-10-14)24(22,23)19-17(18(20)21)15-7-5-4-6-8-15;2*1-3-9(2)10-7-5-4-6-8-10;1-4-5(2)3/h4-13,17,19H,3H2,1-2H3,(H,20,21);2*4-9H,3H2,1-2H3;5H,4H2,1-3H3. The van der Waals surface area contributed by atoms with Crippen molar-refractivity contribution in [3.05, 3.63) is 138 Å². The molecule has 0 saturated heterocycles. The van der Waals surface area contributed by atoms with Crippen molar-refractivity contribution in [2.24, 2.45) is 5.92 Å². The molecule has 4 aromatic rings. The minimum Gasteiger partial charge on any atom is -0.480 e. The molecular weight excluding hydrogens is 627 g/mol. The minimum absolute atomic E-state index is 0.0525. The lowest BCUT2D eigenvalue weighted by Gasteiger charge is -2.16. The highest BCUT2D eigenvalue weighted by molar-refractivity contribution is 7.89. The molecular formula is C43H61NO4S. The zero-order valence-corrected chi connectivity index (χ0v) is 32.1. The SMILES string of the molecule is CCC(C)C.CCC(C)c1ccc(S(=O)(=O)NC(C(=O)O)c2ccccc2)cc1.CCC(C)c1ccccc1.CCC(C)c1ccccc1. The Hall–Kier alpha value is -3.74. The van der Waals surface area contributed by atoms with E-state index in [0.717, 1.165) is 17.9 Å². The number of benzene rings is 4. The van der Waals surface area contributed by atoms with Crippen molar-refractivity contribution < 1.29 is 18.3 Å². The van der Waals surface area contributed by atoms with Crippen molar-refractivity contribution in [3.63, 3.8) is 0 Å². The van der Waals surface area contributed by atoms with Gasteiger partial charge in [0, 0.05) is 0 Å². The summed E-state index contributed by atoms with van der Waals surface area (Å²) in [7, 11) is -3.93. The Morgan fingerprint density at radius 1 is 0.531 bits per heavy atom. The predicted molar refractivity (Wildman–Crippen MR) is 208 cm³/mol. The van der Waals surface area contributed by atoms with E-state index in [1.165, 1.54) is 42.5 Å². The maximum absolute atomic E-state index is 12.5. The molecule has 4 rings (SSSR count). The molecule has 0 aliphatic heterocycles. The highest BCUT2D eigenvalue weighted by atomic mass is 32.2. The number of aliphatic carboxylic acids is 1. The van der Waals surface area contributed by atoms with Gasteiger partial charge in [-0.15, -0.1) is 0 Å². The topological polar surface area (TPSA) is 83.5 Å². The summed E-state index contributed by atoms with van der Waals surface area (Å²) in [6.07, 6.45) is 4.72. The Morgan fingerprint density at radius 2 is 0.837 bits per heavy atom. The molecule has 2 N–H and O–H groups in total. The smallest absolute Gasteiger partial charge is 0.326 e. The molecule has 0 saturated carbocycles. The molecule has 0 spiro atoms. The molecule has 4 unspecified atom stereocenters. The van der Waals surface area contributed by atoms with Crippen LogP contribution in [0, 0.1) is 5.92 Å². The van der Waals surface area contributed by atoms with Crippen molar-refractivity contribution in [1.29, 1.82) is 0 Å². The third-order valence-corrected chi connectivity index (χ3v) is 10.2. The molecule has 49 heavy (non-hydrogen) atoms. The fraction of sp³-hybridized carbons (Fsp3) is 0.419. The Labute approximate surface area is 298 Å². The quantitative estimate of drug-likeness (QED) is 0.155. The van der Waals surface area contributed by atoms with E-state index in [9.17, 15) is 18.3 Å². The number of rotatable bonds is 12. The van der Waals surface area contributed by atoms with Crippen LogP contribution in [0.1, 0.15) is 134 Å². The Kier molecular flexibility index (Phi) is 20.8. The van der Waals surface area contributed by atoms with Crippen LogP contribution < -0.4 is 4.72 Å². The third-order valence-electron chi connectivity index (χ3n) is 8.80. The zero-order chi connectivity index (χ0) is 36.8. The average molecular weight is 688 g/mol. The summed E-state index contributed by atoms with van der Waals surface area (Å²) in [5, 5.41) is 9.36. The first-order valence-corrected chi connectivity index (χ1v) is 19.3. The van der Waals surface area contributed by atoms with Gasteiger partial charge in [-0.05, 0) is 77.3 Å². The van der Waals surface area contributed by atoms with Gasteiger partial charge in [-0.25, -0.2) is 8.42 Å². The molecule has 0 fully saturated rings. The molecule has 0 amide bonds. The van der Waals surface area contributed by atoms with Crippen LogP contribution in [-0.2, 0) is 14.8 Å². The van der Waals surface area contributed by atoms with Crippen LogP contribution in [0.2, 0.25) is 0 Å². The number of carboxylic acids is 1. The summed E-state index contributed by atoms with van der Waals surface area (Å²) in [5.41, 5.74) is 4.33. The number of carbonyl (C=O) groups is 1. The van der Waals surface area contributed by atoms with Crippen LogP contribution in [0.4, 0.5) is 0 Å². The van der Waals surface area contributed by atoms with Crippen molar-refractivity contribution in [1.82, 2.24) is 4.72 Å². The first kappa shape index (κ1) is 43.3. The summed E-state index contributed by atoms with van der Waals surface area (Å²) in [5.74, 6) is 1.39. The maximum Gasteiger partial charge on any atom is 0.326 e. The van der Waals surface area contributed by atoms with E-state index >= 15 is 0 Å². The van der Waals surface area contributed by atoms with E-state index < -0.39 is 22.0 Å². The molecule has 5 nitrogen and oxygen atoms in total. The van der Waals surface area contributed by atoms with E-state index in [4.69, 9.17) is 0 Å². The van der Waals surface area contributed by atoms with Crippen LogP contribution in [0.5, 0.6) is 0 Å². The van der Waals surface area contributed by atoms with Gasteiger partial charge in [0.05, 0.1) is 4.90 Å². The fourth-order valence-electron chi connectivity index (χ4n) is 4.38. The third kappa shape index (κ3) is 16.5. The molecule has 0 aliphatic rings. The van der Waals surface area contributed by atoms with Crippen LogP contribution in [-0.4, -0.2) is 19.5 Å². The average Bonchev–Trinajstić information content (AvgIpc) is 3.14. The van der Waals surface area contributed by atoms with Gasteiger partial charge in [0.2, 0.25) is 10.0 Å². The first-order valence-electron chi connectivity index (χ1n) is 17.8. The van der Waals surface area contributed by atoms with E-state index in [-0.39, 0.29) is 4.90 Å². The number of hydrogen-bond acceptors (Lipinski definition) is 3. The summed E-state index contributed by atoms with van der Waals surface area (Å²) < 4.78 is 27.3. The van der Waals surface area contributed by atoms with Gasteiger partial charge in [0.25, 0.3) is 0 Å². The molecule has 0 radical (unpaired) electrons. The van der Waals surface area contributed by atoms with Crippen molar-refractivity contribution in [2.45, 2.75) is 117 Å². The second kappa shape index (κ2) is 23.6. The second-order valence-corrected chi connectivity index (χ2v) is 14.6. The van der Waals surface area contributed by atoms with Gasteiger partial charge in [-0.3, -0.25) is 4.79 Å². The number of nitrogens with one attached hydrogen (secondary N) is 1. The lowest BCUT2D eigenvalue weighted by molar-refractivity contribution is -0.139. The summed E-state index contributed by atoms with van der Waals surface area (Å²) in [4.78, 5) is 11.5. The normalized spacial score (nSPS) is 13.2. The van der Waals surface area contributed by atoms with Crippen LogP contribution in [0.3, 0.4) is 0 Å². The van der Waals surface area contributed by atoms with Gasteiger partial charge in [0.1, 0.15) is 6.04 Å². The predicted octanol–water partition coefficient (Wildman–Crippen LogP) is 11.8. The highest BCUT2D eigenvalue weighted by Crippen LogP contribution is 2.22. The number of hydrogen-bond donors (Lipinski definition) is 2. The largest absolute Gasteiger partial charge is 0.480 e. The molecule has 0 heterocycles. The first-order chi connectivity index (χ1) is 23.3. The molecule has 268 valence electrons. The summed E-state index contributed by atoms with van der Waals surface area (Å²) in [6.45, 7) is 19.7. The molecule has 6 heteroatoms. The monoisotopic (exact) mass is 687 g/mol. The van der Waals surface area contributed by atoms with Crippen molar-refractivity contribution in [2.75, 3.05) is 0 Å². The van der Waals surface area contributed by atoms with Gasteiger partial charge in [-0.2, -0.15) is 4.72 Å². The van der Waals surface area contributed by atoms with Crippen molar-refractivity contribution >= 4 is 16.0 Å². The van der Waals surface area contributed by atoms with E-state index in [1.807, 2.05) is 0 Å². The molecule has 4 aromatic carbocycles. The Balaban J connectivity index is 0.000000393. The maximum atomic E-state index is 12.5. The number of carboxylic acid groups (broad SMARTS) is 1. The van der Waals surface area contributed by atoms with E-state index in [0.29, 0.717) is 23.3 Å². The molecule has 0 aliphatic carbocycles. The van der Waals surface area contributed by atoms with E-state index in [2.05, 4.69) is 128 Å². The van der Waals surface area contributed by atoms with Crippen LogP contribution >= 0.6 is 0 Å². The Bertz CT molecular complexity index is 1480. The van der Waals surface area contributed by atoms with Gasteiger partial charge >= 0.3 is 5.97 Å². The molecule has 0 aromatic heterocycles. The summed E-state index contributed by atoms with van der Waals surface area (Å²) >= 11 is 0. The summed E-state index contributed by atoms with van der Waals surface area (Å²) in [6, 6.07) is 34.7. The highest BCUT2D eigenvalue weighted by Gasteiger charge is 2.26. The van der Waals surface area contributed by atoms with Crippen LogP contribution in [0.15, 0.2) is 120 Å². The second-order valence-electron chi connectivity index (χ2n) is 12.9. The lowest BCUT2D eigenvalue weighted by Crippen LogP contribution is -2.33. The minimum atomic E-state index is -3.93. The molecule has 4 atom stereocenters. The van der Waals surface area contributed by atoms with Crippen molar-refractivity contribution in [3.8, 4) is 0 Å². The van der Waals surface area contributed by atoms with Gasteiger partial charge < -0.3 is 5.11 Å². The van der Waals surface area contributed by atoms with E-state index in [1.54, 1.807) is 42.5 Å². The fourth-order valence-corrected chi connectivity index (χ4v) is 5.55. The molecule has 0 bridgehead atoms. The lowest BCUT2D eigenvalue weighted by atomic mass is 9.99.